The van der Waals surface area contributed by atoms with Crippen LogP contribution < -0.4 is 4.84 Å². The fourth-order valence-electron chi connectivity index (χ4n) is 2.14. The molecule has 0 amide bonds. The molecule has 0 aliphatic carbocycles. The minimum absolute atomic E-state index is 0.156. The van der Waals surface area contributed by atoms with Crippen molar-refractivity contribution < 1.29 is 24.6 Å². The van der Waals surface area contributed by atoms with Crippen LogP contribution in [0.1, 0.15) is 26.3 Å². The zero-order valence-electron chi connectivity index (χ0n) is 12.4. The molecule has 0 spiro atoms. The Hall–Kier alpha value is -3.54. The van der Waals surface area contributed by atoms with E-state index >= 15 is 0 Å². The van der Waals surface area contributed by atoms with Crippen LogP contribution in [0.5, 0.6) is 11.8 Å². The Morgan fingerprint density at radius 3 is 1.79 bits per heavy atom. The smallest absolute Gasteiger partial charge is 0.363 e. The highest BCUT2D eigenvalue weighted by molar-refractivity contribution is 6.09. The van der Waals surface area contributed by atoms with Gasteiger partial charge in [0.2, 0.25) is 11.8 Å². The molecule has 1 heterocycles. The summed E-state index contributed by atoms with van der Waals surface area (Å²) >= 11 is 0. The second kappa shape index (κ2) is 6.29. The number of hydrogen-bond donors (Lipinski definition) is 2. The minimum Gasteiger partial charge on any atom is -0.492 e. The summed E-state index contributed by atoms with van der Waals surface area (Å²) in [4.78, 5) is 29.2. The highest BCUT2D eigenvalue weighted by Crippen LogP contribution is 2.19. The van der Waals surface area contributed by atoms with Crippen LogP contribution in [0.15, 0.2) is 66.7 Å². The number of carbonyl (C=O) groups excluding carboxylic acids is 2. The molecule has 0 aliphatic heterocycles. The maximum atomic E-state index is 12.3. The summed E-state index contributed by atoms with van der Waals surface area (Å²) in [5.74, 6) is -1.75. The molecule has 120 valence electrons. The maximum Gasteiger partial charge on any atom is 0.363 e. The predicted molar refractivity (Wildman–Crippen MR) is 85.0 cm³/mol. The van der Waals surface area contributed by atoms with Crippen molar-refractivity contribution in [2.45, 2.75) is 0 Å². The molecule has 0 atom stereocenters. The van der Waals surface area contributed by atoms with Gasteiger partial charge in [-0.2, -0.15) is 0 Å². The number of benzene rings is 2. The van der Waals surface area contributed by atoms with E-state index in [1.54, 1.807) is 24.3 Å². The van der Waals surface area contributed by atoms with Gasteiger partial charge < -0.3 is 15.1 Å². The van der Waals surface area contributed by atoms with Crippen LogP contribution in [-0.2, 0) is 0 Å². The van der Waals surface area contributed by atoms with Gasteiger partial charge in [0, 0.05) is 23.3 Å². The molecule has 6 heteroatoms. The molecular formula is C18H13NO5. The Balaban J connectivity index is 1.77. The van der Waals surface area contributed by atoms with Crippen LogP contribution >= 0.6 is 0 Å². The van der Waals surface area contributed by atoms with Crippen molar-refractivity contribution in [3.63, 3.8) is 0 Å². The van der Waals surface area contributed by atoms with Crippen molar-refractivity contribution in [1.29, 1.82) is 0 Å². The normalized spacial score (nSPS) is 10.3. The third-order valence-corrected chi connectivity index (χ3v) is 3.39. The van der Waals surface area contributed by atoms with Gasteiger partial charge in [-0.3, -0.25) is 4.79 Å². The third-order valence-electron chi connectivity index (χ3n) is 3.39. The molecule has 1 aromatic heterocycles. The first kappa shape index (κ1) is 15.4. The van der Waals surface area contributed by atoms with Gasteiger partial charge in [-0.1, -0.05) is 42.5 Å². The van der Waals surface area contributed by atoms with Crippen LogP contribution in [0.25, 0.3) is 0 Å². The molecule has 0 fully saturated rings. The molecule has 3 aromatic rings. The zero-order chi connectivity index (χ0) is 17.1. The van der Waals surface area contributed by atoms with Crippen LogP contribution in [0.4, 0.5) is 0 Å². The third kappa shape index (κ3) is 2.98. The number of aromatic nitrogens is 1. The minimum atomic E-state index is -0.782. The number of rotatable bonds is 4. The zero-order valence-corrected chi connectivity index (χ0v) is 12.4. The Kier molecular flexibility index (Phi) is 4.03. The average molecular weight is 323 g/mol. The summed E-state index contributed by atoms with van der Waals surface area (Å²) in [7, 11) is 0. The van der Waals surface area contributed by atoms with E-state index in [0.717, 1.165) is 0 Å². The average Bonchev–Trinajstić information content (AvgIpc) is 2.94. The van der Waals surface area contributed by atoms with Crippen molar-refractivity contribution in [3.05, 3.63) is 83.4 Å². The molecule has 6 nitrogen and oxygen atoms in total. The lowest BCUT2D eigenvalue weighted by molar-refractivity contribution is 0.0381. The Labute approximate surface area is 137 Å². The summed E-state index contributed by atoms with van der Waals surface area (Å²) in [6.45, 7) is 0. The van der Waals surface area contributed by atoms with Gasteiger partial charge in [0.1, 0.15) is 0 Å². The van der Waals surface area contributed by atoms with Crippen molar-refractivity contribution in [3.8, 4) is 11.8 Å². The Morgan fingerprint density at radius 1 is 0.708 bits per heavy atom. The van der Waals surface area contributed by atoms with Crippen molar-refractivity contribution in [1.82, 2.24) is 4.73 Å². The molecule has 3 rings (SSSR count). The highest BCUT2D eigenvalue weighted by atomic mass is 16.7. The number of hydrogen-bond acceptors (Lipinski definition) is 5. The van der Waals surface area contributed by atoms with E-state index in [0.29, 0.717) is 15.9 Å². The lowest BCUT2D eigenvalue weighted by Crippen LogP contribution is -2.19. The topological polar surface area (TPSA) is 88.8 Å². The fourth-order valence-corrected chi connectivity index (χ4v) is 2.14. The van der Waals surface area contributed by atoms with Crippen molar-refractivity contribution in [2.24, 2.45) is 0 Å². The fraction of sp³-hybridized carbons (Fsp3) is 0. The van der Waals surface area contributed by atoms with Gasteiger partial charge in [-0.25, -0.2) is 4.79 Å². The summed E-state index contributed by atoms with van der Waals surface area (Å²) in [5, 5.41) is 18.9. The molecule has 0 unspecified atom stereocenters. The summed E-state index contributed by atoms with van der Waals surface area (Å²) in [6, 6.07) is 17.1. The van der Waals surface area contributed by atoms with E-state index < -0.39 is 17.7 Å². The van der Waals surface area contributed by atoms with Gasteiger partial charge in [0.05, 0.1) is 5.56 Å². The lowest BCUT2D eigenvalue weighted by atomic mass is 10.0. The second-order valence-corrected chi connectivity index (χ2v) is 5.00. The van der Waals surface area contributed by atoms with Crippen molar-refractivity contribution in [2.75, 3.05) is 0 Å². The van der Waals surface area contributed by atoms with E-state index in [2.05, 4.69) is 0 Å². The van der Waals surface area contributed by atoms with E-state index in [-0.39, 0.29) is 11.3 Å². The molecule has 0 bridgehead atoms. The number of nitrogens with zero attached hydrogens (tertiary/aromatic N) is 1. The van der Waals surface area contributed by atoms with Gasteiger partial charge in [0.25, 0.3) is 0 Å². The van der Waals surface area contributed by atoms with Gasteiger partial charge in [-0.15, -0.1) is 4.73 Å². The lowest BCUT2D eigenvalue weighted by Gasteiger charge is -2.07. The summed E-state index contributed by atoms with van der Waals surface area (Å²) < 4.78 is 0.603. The first-order valence-electron chi connectivity index (χ1n) is 7.08. The monoisotopic (exact) mass is 323 g/mol. The molecule has 2 aromatic carbocycles. The van der Waals surface area contributed by atoms with Gasteiger partial charge >= 0.3 is 5.97 Å². The highest BCUT2D eigenvalue weighted by Gasteiger charge is 2.15. The van der Waals surface area contributed by atoms with Gasteiger partial charge in [-0.05, 0) is 12.1 Å². The number of ketones is 1. The molecule has 0 saturated heterocycles. The van der Waals surface area contributed by atoms with Crippen molar-refractivity contribution >= 4 is 11.8 Å². The van der Waals surface area contributed by atoms with Gasteiger partial charge in [0.15, 0.2) is 5.78 Å². The standard InChI is InChI=1S/C18H13NO5/c20-15-10-11-16(21)19(15)24-18(23)14-8-6-13(7-9-14)17(22)12-4-2-1-3-5-12/h1-11,20-21H. The first-order valence-corrected chi connectivity index (χ1v) is 7.08. The molecule has 2 N–H and O–H groups in total. The summed E-state index contributed by atoms with van der Waals surface area (Å²) in [5.41, 5.74) is 1.16. The van der Waals surface area contributed by atoms with E-state index in [9.17, 15) is 19.8 Å². The van der Waals surface area contributed by atoms with E-state index in [1.807, 2.05) is 6.07 Å². The molecule has 0 saturated carbocycles. The van der Waals surface area contributed by atoms with Crippen LogP contribution in [0.3, 0.4) is 0 Å². The maximum absolute atomic E-state index is 12.3. The van der Waals surface area contributed by atoms with Crippen LogP contribution in [0, 0.1) is 0 Å². The van der Waals surface area contributed by atoms with Crippen LogP contribution in [0.2, 0.25) is 0 Å². The number of carbonyl (C=O) groups is 2. The van der Waals surface area contributed by atoms with E-state index in [4.69, 9.17) is 4.84 Å². The first-order chi connectivity index (χ1) is 11.6. The Bertz CT molecular complexity index is 862. The summed E-state index contributed by atoms with van der Waals surface area (Å²) in [6.07, 6.45) is 0. The molecule has 0 aliphatic rings. The molecular weight excluding hydrogens is 310 g/mol. The SMILES string of the molecule is O=C(On1c(O)ccc1O)c1ccc(C(=O)c2ccccc2)cc1. The second-order valence-electron chi connectivity index (χ2n) is 5.00. The Morgan fingerprint density at radius 2 is 1.21 bits per heavy atom. The largest absolute Gasteiger partial charge is 0.492 e. The molecule has 24 heavy (non-hydrogen) atoms. The molecule has 0 radical (unpaired) electrons. The van der Waals surface area contributed by atoms with Crippen LogP contribution in [-0.4, -0.2) is 26.7 Å². The number of aromatic hydroxyl groups is 2. The van der Waals surface area contributed by atoms with E-state index in [1.165, 1.54) is 36.4 Å². The predicted octanol–water partition coefficient (Wildman–Crippen LogP) is 2.40. The quantitative estimate of drug-likeness (QED) is 0.720.